The molecule has 3 nitrogen and oxygen atoms in total. The van der Waals surface area contributed by atoms with E-state index in [0.717, 1.165) is 20.4 Å². The Morgan fingerprint density at radius 1 is 1.05 bits per heavy atom. The van der Waals surface area contributed by atoms with Crippen molar-refractivity contribution >= 4 is 34.2 Å². The maximum absolute atomic E-state index is 12.0. The van der Waals surface area contributed by atoms with Crippen LogP contribution < -0.4 is 5.56 Å². The Kier molecular flexibility index (Phi) is 4.59. The highest BCUT2D eigenvalue weighted by atomic mass is 127. The second-order valence-corrected chi connectivity index (χ2v) is 6.53. The van der Waals surface area contributed by atoms with Crippen LogP contribution in [-0.2, 0) is 6.54 Å². The Hall–Kier alpha value is -1.66. The third kappa shape index (κ3) is 3.56. The highest BCUT2D eigenvalue weighted by molar-refractivity contribution is 14.1. The predicted octanol–water partition coefficient (Wildman–Crippen LogP) is 4.22. The fourth-order valence-corrected chi connectivity index (χ4v) is 2.88. The number of nitrogens with zero attached hydrogens (tertiary/aromatic N) is 2. The van der Waals surface area contributed by atoms with Crippen LogP contribution in [0.25, 0.3) is 11.3 Å². The molecule has 3 rings (SSSR count). The van der Waals surface area contributed by atoms with Crippen LogP contribution in [0.2, 0.25) is 5.02 Å². The van der Waals surface area contributed by atoms with E-state index in [4.69, 9.17) is 11.6 Å². The fraction of sp³-hybridized carbons (Fsp3) is 0.0588. The summed E-state index contributed by atoms with van der Waals surface area (Å²) >= 11 is 8.16. The Balaban J connectivity index is 1.96. The molecule has 0 saturated carbocycles. The van der Waals surface area contributed by atoms with E-state index >= 15 is 0 Å². The van der Waals surface area contributed by atoms with Gasteiger partial charge in [0.2, 0.25) is 0 Å². The molecule has 110 valence electrons. The van der Waals surface area contributed by atoms with Gasteiger partial charge in [-0.15, -0.1) is 0 Å². The van der Waals surface area contributed by atoms with E-state index in [1.165, 1.54) is 4.68 Å². The lowest BCUT2D eigenvalue weighted by atomic mass is 10.1. The Labute approximate surface area is 146 Å². The quantitative estimate of drug-likeness (QED) is 0.593. The van der Waals surface area contributed by atoms with Gasteiger partial charge in [0, 0.05) is 20.2 Å². The lowest BCUT2D eigenvalue weighted by Crippen LogP contribution is -2.22. The molecule has 0 atom stereocenters. The normalized spacial score (nSPS) is 10.6. The molecule has 2 aromatic carbocycles. The molecule has 0 spiro atoms. The third-order valence-corrected chi connectivity index (χ3v) is 4.15. The summed E-state index contributed by atoms with van der Waals surface area (Å²) in [5, 5.41) is 5.13. The van der Waals surface area contributed by atoms with Gasteiger partial charge in [0.25, 0.3) is 5.56 Å². The number of aromatic nitrogens is 2. The molecule has 3 aromatic rings. The summed E-state index contributed by atoms with van der Waals surface area (Å²) in [4.78, 5) is 12.0. The summed E-state index contributed by atoms with van der Waals surface area (Å²) < 4.78 is 2.62. The van der Waals surface area contributed by atoms with Crippen LogP contribution in [-0.4, -0.2) is 9.78 Å². The molecule has 22 heavy (non-hydrogen) atoms. The van der Waals surface area contributed by atoms with Crippen LogP contribution in [0, 0.1) is 3.57 Å². The predicted molar refractivity (Wildman–Crippen MR) is 97.2 cm³/mol. The summed E-state index contributed by atoms with van der Waals surface area (Å²) in [6, 6.07) is 18.7. The van der Waals surface area contributed by atoms with Gasteiger partial charge in [-0.25, -0.2) is 4.68 Å². The first-order chi connectivity index (χ1) is 10.6. The molecular weight excluding hydrogens is 411 g/mol. The molecule has 1 aromatic heterocycles. The van der Waals surface area contributed by atoms with Gasteiger partial charge < -0.3 is 0 Å². The first-order valence-corrected chi connectivity index (χ1v) is 8.16. The molecule has 0 aliphatic heterocycles. The smallest absolute Gasteiger partial charge is 0.267 e. The maximum atomic E-state index is 12.0. The minimum Gasteiger partial charge on any atom is -0.268 e. The molecule has 1 heterocycles. The highest BCUT2D eigenvalue weighted by Crippen LogP contribution is 2.18. The SMILES string of the molecule is O=c1ccc(-c2ccc(Cl)cc2)nn1Cc1cccc(I)c1. The lowest BCUT2D eigenvalue weighted by Gasteiger charge is -2.08. The van der Waals surface area contributed by atoms with Gasteiger partial charge in [-0.2, -0.15) is 5.10 Å². The van der Waals surface area contributed by atoms with Crippen molar-refractivity contribution in [1.82, 2.24) is 9.78 Å². The summed E-state index contributed by atoms with van der Waals surface area (Å²) in [5.74, 6) is 0. The molecule has 0 saturated heterocycles. The number of rotatable bonds is 3. The molecule has 0 aliphatic rings. The second-order valence-electron chi connectivity index (χ2n) is 4.85. The van der Waals surface area contributed by atoms with Crippen LogP contribution in [0.15, 0.2) is 65.5 Å². The van der Waals surface area contributed by atoms with Crippen molar-refractivity contribution in [3.63, 3.8) is 0 Å². The van der Waals surface area contributed by atoms with Gasteiger partial charge in [0.15, 0.2) is 0 Å². The summed E-state index contributed by atoms with van der Waals surface area (Å²) in [7, 11) is 0. The second kappa shape index (κ2) is 6.62. The molecular formula is C17H12ClIN2O. The molecule has 0 N–H and O–H groups in total. The van der Waals surface area contributed by atoms with Crippen LogP contribution in [0.3, 0.4) is 0 Å². The van der Waals surface area contributed by atoms with Crippen LogP contribution in [0.1, 0.15) is 5.56 Å². The van der Waals surface area contributed by atoms with E-state index in [2.05, 4.69) is 27.7 Å². The average molecular weight is 423 g/mol. The standard InChI is InChI=1S/C17H12ClIN2O/c18-14-6-4-13(5-7-14)16-8-9-17(22)21(20-16)11-12-2-1-3-15(19)10-12/h1-10H,11H2. The van der Waals surface area contributed by atoms with Gasteiger partial charge in [0.1, 0.15) is 0 Å². The van der Waals surface area contributed by atoms with E-state index < -0.39 is 0 Å². The zero-order valence-electron chi connectivity index (χ0n) is 11.5. The molecule has 0 aliphatic carbocycles. The molecule has 0 amide bonds. The summed E-state index contributed by atoms with van der Waals surface area (Å²) in [6.07, 6.45) is 0. The van der Waals surface area contributed by atoms with Crippen molar-refractivity contribution in [3.05, 3.63) is 85.2 Å². The van der Waals surface area contributed by atoms with Crippen molar-refractivity contribution in [2.24, 2.45) is 0 Å². The highest BCUT2D eigenvalue weighted by Gasteiger charge is 2.05. The number of hydrogen-bond donors (Lipinski definition) is 0. The Morgan fingerprint density at radius 2 is 1.82 bits per heavy atom. The number of hydrogen-bond acceptors (Lipinski definition) is 2. The van der Waals surface area contributed by atoms with Crippen LogP contribution in [0.5, 0.6) is 0 Å². The molecule has 0 bridgehead atoms. The third-order valence-electron chi connectivity index (χ3n) is 3.23. The van der Waals surface area contributed by atoms with Crippen molar-refractivity contribution in [2.45, 2.75) is 6.54 Å². The van der Waals surface area contributed by atoms with Gasteiger partial charge in [-0.05, 0) is 58.5 Å². The monoisotopic (exact) mass is 422 g/mol. The fourth-order valence-electron chi connectivity index (χ4n) is 2.15. The lowest BCUT2D eigenvalue weighted by molar-refractivity contribution is 0.642. The Bertz CT molecular complexity index is 859. The number of benzene rings is 2. The largest absolute Gasteiger partial charge is 0.268 e. The van der Waals surface area contributed by atoms with E-state index in [9.17, 15) is 4.79 Å². The summed E-state index contributed by atoms with van der Waals surface area (Å²) in [5.41, 5.74) is 2.62. The number of halogens is 2. The van der Waals surface area contributed by atoms with Crippen LogP contribution >= 0.6 is 34.2 Å². The average Bonchev–Trinajstić information content (AvgIpc) is 2.50. The topological polar surface area (TPSA) is 34.9 Å². The van der Waals surface area contributed by atoms with Gasteiger partial charge >= 0.3 is 0 Å². The maximum Gasteiger partial charge on any atom is 0.267 e. The van der Waals surface area contributed by atoms with Gasteiger partial charge in [-0.3, -0.25) is 4.79 Å². The van der Waals surface area contributed by atoms with Crippen molar-refractivity contribution in [1.29, 1.82) is 0 Å². The van der Waals surface area contributed by atoms with Crippen LogP contribution in [0.4, 0.5) is 0 Å². The van der Waals surface area contributed by atoms with Crippen molar-refractivity contribution < 1.29 is 0 Å². The molecule has 5 heteroatoms. The van der Waals surface area contributed by atoms with Crippen molar-refractivity contribution in [3.8, 4) is 11.3 Å². The first kappa shape index (κ1) is 15.2. The minimum absolute atomic E-state index is 0.114. The van der Waals surface area contributed by atoms with E-state index in [1.54, 1.807) is 12.1 Å². The minimum atomic E-state index is -0.114. The van der Waals surface area contributed by atoms with E-state index in [-0.39, 0.29) is 5.56 Å². The molecule has 0 fully saturated rings. The van der Waals surface area contributed by atoms with Crippen molar-refractivity contribution in [2.75, 3.05) is 0 Å². The van der Waals surface area contributed by atoms with E-state index in [1.807, 2.05) is 48.5 Å². The molecule has 0 radical (unpaired) electrons. The Morgan fingerprint density at radius 3 is 2.55 bits per heavy atom. The molecule has 0 unspecified atom stereocenters. The zero-order chi connectivity index (χ0) is 15.5. The zero-order valence-corrected chi connectivity index (χ0v) is 14.5. The first-order valence-electron chi connectivity index (χ1n) is 6.70. The van der Waals surface area contributed by atoms with E-state index in [0.29, 0.717) is 11.6 Å². The summed E-state index contributed by atoms with van der Waals surface area (Å²) in [6.45, 7) is 0.455. The van der Waals surface area contributed by atoms with Gasteiger partial charge in [-0.1, -0.05) is 35.9 Å². The van der Waals surface area contributed by atoms with Gasteiger partial charge in [0.05, 0.1) is 12.2 Å².